The van der Waals surface area contributed by atoms with E-state index in [4.69, 9.17) is 4.74 Å². The van der Waals surface area contributed by atoms with Crippen molar-refractivity contribution in [2.75, 3.05) is 0 Å². The number of benzene rings is 1. The Bertz CT molecular complexity index is 1160. The Morgan fingerprint density at radius 2 is 2.00 bits per heavy atom. The zero-order valence-corrected chi connectivity index (χ0v) is 15.0. The largest absolute Gasteiger partial charge is 0.436 e. The van der Waals surface area contributed by atoms with Crippen molar-refractivity contribution in [3.05, 3.63) is 83.7 Å². The minimum Gasteiger partial charge on any atom is -0.436 e. The lowest BCUT2D eigenvalue weighted by atomic mass is 10.2. The number of aryl methyl sites for hydroxylation is 1. The number of ether oxygens (including phenoxy) is 1. The van der Waals surface area contributed by atoms with Crippen LogP contribution in [0.2, 0.25) is 0 Å². The Morgan fingerprint density at radius 3 is 2.86 bits per heavy atom. The summed E-state index contributed by atoms with van der Waals surface area (Å²) in [7, 11) is 0. The molecule has 1 N–H and O–H groups in total. The van der Waals surface area contributed by atoms with Crippen molar-refractivity contribution in [2.24, 2.45) is 0 Å². The van der Waals surface area contributed by atoms with Gasteiger partial charge in [-0.05, 0) is 25.1 Å². The maximum atomic E-state index is 13.9. The van der Waals surface area contributed by atoms with Crippen molar-refractivity contribution in [3.8, 4) is 11.6 Å². The van der Waals surface area contributed by atoms with Crippen molar-refractivity contribution in [3.63, 3.8) is 0 Å². The highest BCUT2D eigenvalue weighted by Crippen LogP contribution is 2.25. The van der Waals surface area contributed by atoms with Gasteiger partial charge < -0.3 is 10.1 Å². The summed E-state index contributed by atoms with van der Waals surface area (Å²) in [6.07, 6.45) is 4.68. The second-order valence-electron chi connectivity index (χ2n) is 6.04. The summed E-state index contributed by atoms with van der Waals surface area (Å²) in [5.74, 6) is -0.497. The fourth-order valence-electron chi connectivity index (χ4n) is 2.77. The number of amides is 1. The minimum atomic E-state index is -0.489. The highest BCUT2D eigenvalue weighted by atomic mass is 19.1. The summed E-state index contributed by atoms with van der Waals surface area (Å²) in [5.41, 5.74) is 2.38. The molecule has 0 aliphatic heterocycles. The van der Waals surface area contributed by atoms with E-state index >= 15 is 0 Å². The van der Waals surface area contributed by atoms with Crippen molar-refractivity contribution in [2.45, 2.75) is 13.5 Å². The summed E-state index contributed by atoms with van der Waals surface area (Å²) in [6.45, 7) is 1.96. The first kappa shape index (κ1) is 17.6. The standard InChI is InChI=1S/C20H16FN5O2/c1-13-15(12-23-18-8-10-25-26(13)18)19(27)24-11-14-5-4-9-22-20(14)28-17-7-3-2-6-16(17)21/h2-10,12H,11H2,1H3,(H,24,27). The molecular weight excluding hydrogens is 361 g/mol. The van der Waals surface area contributed by atoms with E-state index in [1.165, 1.54) is 18.3 Å². The number of nitrogens with one attached hydrogen (secondary N) is 1. The monoisotopic (exact) mass is 377 g/mol. The number of nitrogens with zero attached hydrogens (tertiary/aromatic N) is 4. The molecule has 0 unspecified atom stereocenters. The van der Waals surface area contributed by atoms with Crippen LogP contribution in [-0.2, 0) is 6.54 Å². The SMILES string of the molecule is Cc1c(C(=O)NCc2cccnc2Oc2ccccc2F)cnc2ccnn12. The smallest absolute Gasteiger partial charge is 0.254 e. The van der Waals surface area contributed by atoms with E-state index < -0.39 is 5.82 Å². The molecule has 0 saturated heterocycles. The molecule has 0 saturated carbocycles. The normalized spacial score (nSPS) is 10.8. The highest BCUT2D eigenvalue weighted by Gasteiger charge is 2.15. The van der Waals surface area contributed by atoms with E-state index in [0.717, 1.165) is 0 Å². The van der Waals surface area contributed by atoms with Crippen LogP contribution in [0.4, 0.5) is 4.39 Å². The van der Waals surface area contributed by atoms with Gasteiger partial charge >= 0.3 is 0 Å². The number of hydrogen-bond acceptors (Lipinski definition) is 5. The Morgan fingerprint density at radius 1 is 1.14 bits per heavy atom. The van der Waals surface area contributed by atoms with Crippen LogP contribution in [-0.4, -0.2) is 25.5 Å². The first-order valence-corrected chi connectivity index (χ1v) is 8.57. The molecule has 8 heteroatoms. The molecule has 28 heavy (non-hydrogen) atoms. The number of halogens is 1. The second-order valence-corrected chi connectivity index (χ2v) is 6.04. The van der Waals surface area contributed by atoms with Gasteiger partial charge in [0.25, 0.3) is 5.91 Å². The minimum absolute atomic E-state index is 0.0676. The van der Waals surface area contributed by atoms with Crippen LogP contribution >= 0.6 is 0 Å². The average Bonchev–Trinajstić information content (AvgIpc) is 3.19. The number of para-hydroxylation sites is 1. The molecule has 140 valence electrons. The fourth-order valence-corrected chi connectivity index (χ4v) is 2.77. The number of pyridine rings is 1. The van der Waals surface area contributed by atoms with Gasteiger partial charge in [-0.3, -0.25) is 4.79 Å². The third-order valence-electron chi connectivity index (χ3n) is 4.23. The van der Waals surface area contributed by atoms with Crippen LogP contribution in [0.15, 0.2) is 61.1 Å². The predicted octanol–water partition coefficient (Wildman–Crippen LogP) is 3.29. The molecule has 1 amide bonds. The van der Waals surface area contributed by atoms with Crippen molar-refractivity contribution < 1.29 is 13.9 Å². The van der Waals surface area contributed by atoms with E-state index in [-0.39, 0.29) is 24.1 Å². The van der Waals surface area contributed by atoms with Gasteiger partial charge in [-0.2, -0.15) is 5.10 Å². The second kappa shape index (κ2) is 7.43. The molecule has 4 aromatic rings. The van der Waals surface area contributed by atoms with Gasteiger partial charge in [-0.1, -0.05) is 18.2 Å². The van der Waals surface area contributed by atoms with Crippen LogP contribution in [0.3, 0.4) is 0 Å². The lowest BCUT2D eigenvalue weighted by Gasteiger charge is -2.12. The van der Waals surface area contributed by atoms with Gasteiger partial charge in [-0.15, -0.1) is 0 Å². The van der Waals surface area contributed by atoms with Gasteiger partial charge in [-0.25, -0.2) is 18.9 Å². The lowest BCUT2D eigenvalue weighted by molar-refractivity contribution is 0.0949. The number of rotatable bonds is 5. The summed E-state index contributed by atoms with van der Waals surface area (Å²) in [5, 5.41) is 6.98. The number of hydrogen-bond donors (Lipinski definition) is 1. The average molecular weight is 377 g/mol. The number of aromatic nitrogens is 4. The van der Waals surface area contributed by atoms with E-state index in [1.807, 2.05) is 0 Å². The maximum absolute atomic E-state index is 13.9. The van der Waals surface area contributed by atoms with Gasteiger partial charge in [0.05, 0.1) is 17.5 Å². The zero-order chi connectivity index (χ0) is 19.5. The Balaban J connectivity index is 1.52. The molecule has 0 bridgehead atoms. The van der Waals surface area contributed by atoms with E-state index in [2.05, 4.69) is 20.4 Å². The molecule has 3 heterocycles. The molecule has 0 aliphatic rings. The van der Waals surface area contributed by atoms with Gasteiger partial charge in [0, 0.05) is 30.6 Å². The van der Waals surface area contributed by atoms with Crippen molar-refractivity contribution >= 4 is 11.6 Å². The molecule has 0 atom stereocenters. The molecule has 1 aromatic carbocycles. The summed E-state index contributed by atoms with van der Waals surface area (Å²) < 4.78 is 21.0. The van der Waals surface area contributed by atoms with Crippen molar-refractivity contribution in [1.29, 1.82) is 0 Å². The molecule has 4 rings (SSSR count). The Hall–Kier alpha value is -3.81. The molecule has 0 spiro atoms. The fraction of sp³-hybridized carbons (Fsp3) is 0.100. The summed E-state index contributed by atoms with van der Waals surface area (Å²) in [6, 6.07) is 11.3. The summed E-state index contributed by atoms with van der Waals surface area (Å²) in [4.78, 5) is 21.0. The van der Waals surface area contributed by atoms with E-state index in [9.17, 15) is 9.18 Å². The maximum Gasteiger partial charge on any atom is 0.254 e. The first-order valence-electron chi connectivity index (χ1n) is 8.57. The van der Waals surface area contributed by atoms with Crippen LogP contribution in [0, 0.1) is 12.7 Å². The summed E-state index contributed by atoms with van der Waals surface area (Å²) >= 11 is 0. The van der Waals surface area contributed by atoms with E-state index in [0.29, 0.717) is 22.5 Å². The molecule has 0 aliphatic carbocycles. The molecular formula is C20H16FN5O2. The highest BCUT2D eigenvalue weighted by molar-refractivity contribution is 5.95. The first-order chi connectivity index (χ1) is 13.6. The van der Waals surface area contributed by atoms with Crippen LogP contribution in [0.5, 0.6) is 11.6 Å². The number of carbonyl (C=O) groups is 1. The van der Waals surface area contributed by atoms with Crippen LogP contribution in [0.1, 0.15) is 21.6 Å². The number of fused-ring (bicyclic) bond motifs is 1. The quantitative estimate of drug-likeness (QED) is 0.577. The molecule has 7 nitrogen and oxygen atoms in total. The number of carbonyl (C=O) groups excluding carboxylic acids is 1. The Labute approximate surface area is 159 Å². The Kier molecular flexibility index (Phi) is 4.67. The predicted molar refractivity (Wildman–Crippen MR) is 99.6 cm³/mol. The molecule has 0 fully saturated rings. The van der Waals surface area contributed by atoms with Gasteiger partial charge in [0.2, 0.25) is 5.88 Å². The zero-order valence-electron chi connectivity index (χ0n) is 15.0. The third kappa shape index (κ3) is 3.39. The lowest BCUT2D eigenvalue weighted by Crippen LogP contribution is -2.25. The molecule has 0 radical (unpaired) electrons. The van der Waals surface area contributed by atoms with Crippen molar-refractivity contribution in [1.82, 2.24) is 24.9 Å². The van der Waals surface area contributed by atoms with Gasteiger partial charge in [0.15, 0.2) is 17.2 Å². The van der Waals surface area contributed by atoms with Crippen LogP contribution < -0.4 is 10.1 Å². The molecule has 3 aromatic heterocycles. The third-order valence-corrected chi connectivity index (χ3v) is 4.23. The van der Waals surface area contributed by atoms with Gasteiger partial charge in [0.1, 0.15) is 0 Å². The topological polar surface area (TPSA) is 81.4 Å². The van der Waals surface area contributed by atoms with Crippen LogP contribution in [0.25, 0.3) is 5.65 Å². The van der Waals surface area contributed by atoms with E-state index in [1.54, 1.807) is 54.2 Å².